The number of aryl methyl sites for hydroxylation is 2. The summed E-state index contributed by atoms with van der Waals surface area (Å²) >= 11 is 1.22. The zero-order chi connectivity index (χ0) is 22.0. The van der Waals surface area contributed by atoms with Crippen molar-refractivity contribution in [3.05, 3.63) is 74.4 Å². The molecule has 160 valence electrons. The Balaban J connectivity index is 1.50. The number of hydrogen-bond donors (Lipinski definition) is 1. The number of rotatable bonds is 7. The standard InChI is InChI=1S/C24H25N3O3S/c1-4-5-10-30-18-8-6-17(7-9-18)14-25-23(29)21-13-22(28)27-20-12-16(3)15(2)11-19(20)26-24(27)31-21/h6-9,11-13H,4-5,10,14H2,1-3H3,(H,25,29). The van der Waals surface area contributed by atoms with Crippen LogP contribution in [0.5, 0.6) is 5.75 Å². The van der Waals surface area contributed by atoms with Crippen LogP contribution in [0.4, 0.5) is 0 Å². The fourth-order valence-corrected chi connectivity index (χ4v) is 4.26. The van der Waals surface area contributed by atoms with Crippen molar-refractivity contribution in [1.82, 2.24) is 14.7 Å². The number of carbonyl (C=O) groups excluding carboxylic acids is 1. The first-order chi connectivity index (χ1) is 15.0. The lowest BCUT2D eigenvalue weighted by Crippen LogP contribution is -2.24. The number of ether oxygens (including phenoxy) is 1. The average molecular weight is 436 g/mol. The highest BCUT2D eigenvalue weighted by Crippen LogP contribution is 2.23. The largest absolute Gasteiger partial charge is 0.494 e. The van der Waals surface area contributed by atoms with E-state index in [0.29, 0.717) is 23.0 Å². The number of unbranched alkanes of at least 4 members (excludes halogenated alkanes) is 1. The molecule has 0 atom stereocenters. The van der Waals surface area contributed by atoms with Crippen LogP contribution in [0.2, 0.25) is 0 Å². The van der Waals surface area contributed by atoms with E-state index in [2.05, 4.69) is 17.2 Å². The average Bonchev–Trinajstić information content (AvgIpc) is 3.11. The van der Waals surface area contributed by atoms with E-state index < -0.39 is 0 Å². The van der Waals surface area contributed by atoms with Crippen LogP contribution in [0.15, 0.2) is 47.3 Å². The maximum absolute atomic E-state index is 12.7. The Morgan fingerprint density at radius 3 is 2.61 bits per heavy atom. The Kier molecular flexibility index (Phi) is 6.04. The van der Waals surface area contributed by atoms with E-state index in [-0.39, 0.29) is 11.5 Å². The molecule has 1 N–H and O–H groups in total. The van der Waals surface area contributed by atoms with Crippen molar-refractivity contribution in [2.45, 2.75) is 40.2 Å². The minimum Gasteiger partial charge on any atom is -0.494 e. The summed E-state index contributed by atoms with van der Waals surface area (Å²) in [4.78, 5) is 30.8. The second-order valence-electron chi connectivity index (χ2n) is 7.63. The molecule has 4 rings (SSSR count). The Hall–Kier alpha value is -3.19. The molecule has 0 spiro atoms. The molecule has 6 nitrogen and oxygen atoms in total. The molecule has 4 aromatic rings. The van der Waals surface area contributed by atoms with Gasteiger partial charge < -0.3 is 10.1 Å². The summed E-state index contributed by atoms with van der Waals surface area (Å²) < 4.78 is 7.23. The molecule has 0 unspecified atom stereocenters. The minimum absolute atomic E-state index is 0.252. The van der Waals surface area contributed by atoms with Gasteiger partial charge in [0, 0.05) is 12.6 Å². The van der Waals surface area contributed by atoms with Crippen molar-refractivity contribution < 1.29 is 9.53 Å². The summed E-state index contributed by atoms with van der Waals surface area (Å²) in [5.74, 6) is 0.538. The second kappa shape index (κ2) is 8.89. The van der Waals surface area contributed by atoms with Gasteiger partial charge in [-0.3, -0.25) is 14.0 Å². The zero-order valence-corrected chi connectivity index (χ0v) is 18.7. The number of carbonyl (C=O) groups is 1. The van der Waals surface area contributed by atoms with Gasteiger partial charge in [0.25, 0.3) is 11.5 Å². The maximum Gasteiger partial charge on any atom is 0.261 e. The zero-order valence-electron chi connectivity index (χ0n) is 17.9. The molecule has 2 aromatic carbocycles. The molecular formula is C24H25N3O3S. The lowest BCUT2D eigenvalue weighted by Gasteiger charge is -2.08. The van der Waals surface area contributed by atoms with Crippen molar-refractivity contribution in [2.24, 2.45) is 0 Å². The lowest BCUT2D eigenvalue weighted by atomic mass is 10.1. The maximum atomic E-state index is 12.7. The van der Waals surface area contributed by atoms with Gasteiger partial charge in [0.1, 0.15) is 10.6 Å². The van der Waals surface area contributed by atoms with E-state index in [1.807, 2.05) is 50.2 Å². The van der Waals surface area contributed by atoms with Gasteiger partial charge in [0.05, 0.1) is 17.6 Å². The molecule has 1 amide bonds. The van der Waals surface area contributed by atoms with E-state index in [0.717, 1.165) is 46.3 Å². The fourth-order valence-electron chi connectivity index (χ4n) is 3.32. The lowest BCUT2D eigenvalue weighted by molar-refractivity contribution is 0.0954. The first-order valence-electron chi connectivity index (χ1n) is 10.4. The van der Waals surface area contributed by atoms with Crippen LogP contribution in [0, 0.1) is 13.8 Å². The van der Waals surface area contributed by atoms with Crippen LogP contribution in [0.25, 0.3) is 16.0 Å². The SMILES string of the molecule is CCCCOc1ccc(CNC(=O)c2cc(=O)n3c(nc4cc(C)c(C)cc43)s2)cc1. The molecule has 0 radical (unpaired) electrons. The van der Waals surface area contributed by atoms with E-state index in [1.54, 1.807) is 4.40 Å². The van der Waals surface area contributed by atoms with Gasteiger partial charge in [0.2, 0.25) is 0 Å². The molecule has 0 saturated heterocycles. The Bertz CT molecular complexity index is 1310. The summed E-state index contributed by atoms with van der Waals surface area (Å²) in [6.07, 6.45) is 2.12. The molecule has 0 saturated carbocycles. The predicted molar refractivity (Wildman–Crippen MR) is 124 cm³/mol. The third kappa shape index (κ3) is 4.46. The number of nitrogens with zero attached hydrogens (tertiary/aromatic N) is 2. The van der Waals surface area contributed by atoms with Gasteiger partial charge in [-0.25, -0.2) is 4.98 Å². The highest BCUT2D eigenvalue weighted by atomic mass is 32.1. The molecule has 0 bridgehead atoms. The summed E-state index contributed by atoms with van der Waals surface area (Å²) in [6.45, 7) is 7.22. The Labute approximate surface area is 184 Å². The van der Waals surface area contributed by atoms with Gasteiger partial charge in [-0.05, 0) is 61.2 Å². The van der Waals surface area contributed by atoms with Crippen LogP contribution < -0.4 is 15.6 Å². The number of hydrogen-bond acceptors (Lipinski definition) is 5. The number of nitrogens with one attached hydrogen (secondary N) is 1. The number of benzene rings is 2. The molecule has 0 aliphatic carbocycles. The molecule has 2 heterocycles. The first-order valence-corrected chi connectivity index (χ1v) is 11.2. The van der Waals surface area contributed by atoms with Crippen molar-refractivity contribution in [2.75, 3.05) is 6.61 Å². The van der Waals surface area contributed by atoms with Gasteiger partial charge in [-0.1, -0.05) is 36.8 Å². The highest BCUT2D eigenvalue weighted by molar-refractivity contribution is 7.18. The number of amides is 1. The summed E-state index contributed by atoms with van der Waals surface area (Å²) in [5.41, 5.74) is 4.46. The van der Waals surface area contributed by atoms with Crippen molar-refractivity contribution in [1.29, 1.82) is 0 Å². The molecular weight excluding hydrogens is 410 g/mol. The van der Waals surface area contributed by atoms with E-state index in [4.69, 9.17) is 4.74 Å². The number of aromatic nitrogens is 2. The van der Waals surface area contributed by atoms with Crippen molar-refractivity contribution in [3.63, 3.8) is 0 Å². The van der Waals surface area contributed by atoms with Crippen LogP contribution in [0.3, 0.4) is 0 Å². The first kappa shape index (κ1) is 21.1. The third-order valence-corrected chi connectivity index (χ3v) is 6.26. The molecule has 7 heteroatoms. The van der Waals surface area contributed by atoms with Gasteiger partial charge in [-0.2, -0.15) is 0 Å². The van der Waals surface area contributed by atoms with Crippen LogP contribution in [0.1, 0.15) is 46.1 Å². The topological polar surface area (TPSA) is 72.7 Å². The van der Waals surface area contributed by atoms with Crippen molar-refractivity contribution in [3.8, 4) is 5.75 Å². The van der Waals surface area contributed by atoms with E-state index in [9.17, 15) is 9.59 Å². The molecule has 0 aliphatic rings. The Morgan fingerprint density at radius 2 is 1.87 bits per heavy atom. The summed E-state index contributed by atoms with van der Waals surface area (Å²) in [5, 5.41) is 2.89. The number of imidazole rings is 1. The van der Waals surface area contributed by atoms with Gasteiger partial charge in [-0.15, -0.1) is 0 Å². The smallest absolute Gasteiger partial charge is 0.261 e. The summed E-state index contributed by atoms with van der Waals surface area (Å²) in [7, 11) is 0. The summed E-state index contributed by atoms with van der Waals surface area (Å²) in [6, 6.07) is 13.0. The fraction of sp³-hybridized carbons (Fsp3) is 0.292. The van der Waals surface area contributed by atoms with Gasteiger partial charge >= 0.3 is 0 Å². The highest BCUT2D eigenvalue weighted by Gasteiger charge is 2.15. The molecule has 0 fully saturated rings. The van der Waals surface area contributed by atoms with Crippen LogP contribution in [-0.2, 0) is 6.54 Å². The molecule has 31 heavy (non-hydrogen) atoms. The van der Waals surface area contributed by atoms with Gasteiger partial charge in [0.15, 0.2) is 4.96 Å². The second-order valence-corrected chi connectivity index (χ2v) is 8.64. The normalized spacial score (nSPS) is 11.2. The van der Waals surface area contributed by atoms with E-state index >= 15 is 0 Å². The van der Waals surface area contributed by atoms with Crippen molar-refractivity contribution >= 4 is 33.2 Å². The molecule has 2 aromatic heterocycles. The van der Waals surface area contributed by atoms with E-state index in [1.165, 1.54) is 17.4 Å². The molecule has 0 aliphatic heterocycles. The minimum atomic E-state index is -0.285. The number of fused-ring (bicyclic) bond motifs is 3. The predicted octanol–water partition coefficient (Wildman–Crippen LogP) is 4.63. The quantitative estimate of drug-likeness (QED) is 0.430. The Morgan fingerprint density at radius 1 is 1.13 bits per heavy atom. The monoisotopic (exact) mass is 435 g/mol. The van der Waals surface area contributed by atoms with Crippen LogP contribution in [-0.4, -0.2) is 21.9 Å². The third-order valence-electron chi connectivity index (χ3n) is 5.28. The van der Waals surface area contributed by atoms with Crippen LogP contribution >= 0.6 is 11.3 Å².